The molecule has 1 aliphatic heterocycles. The summed E-state index contributed by atoms with van der Waals surface area (Å²) in [4.78, 5) is 53.7. The lowest BCUT2D eigenvalue weighted by Gasteiger charge is -2.31. The van der Waals surface area contributed by atoms with Crippen LogP contribution in [0.1, 0.15) is 85.9 Å². The number of nitrogens with zero attached hydrogens (tertiary/aromatic N) is 4. The number of carbonyl (C=O) groups excluding carboxylic acids is 3. The van der Waals surface area contributed by atoms with E-state index >= 15 is 0 Å². The zero-order valence-electron chi connectivity index (χ0n) is 26.4. The van der Waals surface area contributed by atoms with Gasteiger partial charge in [0.15, 0.2) is 17.1 Å². The zero-order valence-corrected chi connectivity index (χ0v) is 26.4. The molecule has 4 atom stereocenters. The highest BCUT2D eigenvalue weighted by Crippen LogP contribution is 2.49. The molecule has 2 aromatic heterocycles. The van der Waals surface area contributed by atoms with Crippen LogP contribution in [0.2, 0.25) is 0 Å². The standard InChI is InChI=1S/C32H38N6O7/c1-16(2)23(39)27(41)34-20-13-17-8-9-18-10-11-32(15-33,19(18)12-17)25-22(28-35-21(14-44-28)30(42)38(6)43-7)36-29(45-25)24(31(3,4)5)37-26(20)40/h8-9,12,14,16,20,23-24,39H,10-11,13H2,1-7H3,(H,34,41)(H,37,40)/t20-,23-,24+,32+/m0/s1. The second-order valence-corrected chi connectivity index (χ2v) is 13.0. The van der Waals surface area contributed by atoms with E-state index in [0.29, 0.717) is 24.0 Å². The number of amides is 3. The van der Waals surface area contributed by atoms with Crippen LogP contribution in [-0.4, -0.2) is 64.2 Å². The van der Waals surface area contributed by atoms with E-state index in [1.165, 1.54) is 20.4 Å². The van der Waals surface area contributed by atoms with Crippen LogP contribution >= 0.6 is 0 Å². The molecule has 1 aromatic carbocycles. The number of carbonyl (C=O) groups is 3. The molecule has 0 spiro atoms. The van der Waals surface area contributed by atoms with Gasteiger partial charge >= 0.3 is 0 Å². The third-order valence-electron chi connectivity index (χ3n) is 8.48. The number of benzene rings is 1. The summed E-state index contributed by atoms with van der Waals surface area (Å²) in [6.45, 7) is 9.10. The molecule has 238 valence electrons. The van der Waals surface area contributed by atoms with E-state index in [2.05, 4.69) is 21.7 Å². The molecule has 0 radical (unpaired) electrons. The molecule has 3 amide bonds. The van der Waals surface area contributed by atoms with Gasteiger partial charge in [-0.25, -0.2) is 15.0 Å². The number of aromatic nitrogens is 2. The number of nitrogens with one attached hydrogen (secondary N) is 2. The largest absolute Gasteiger partial charge is 0.442 e. The van der Waals surface area contributed by atoms with E-state index in [1.54, 1.807) is 13.8 Å². The van der Waals surface area contributed by atoms with Crippen molar-refractivity contribution >= 4 is 17.7 Å². The zero-order chi connectivity index (χ0) is 32.8. The fourth-order valence-corrected chi connectivity index (χ4v) is 5.74. The van der Waals surface area contributed by atoms with Gasteiger partial charge in [-0.05, 0) is 40.9 Å². The lowest BCUT2D eigenvalue weighted by molar-refractivity contribution is -0.136. The third kappa shape index (κ3) is 5.71. The summed E-state index contributed by atoms with van der Waals surface area (Å²) in [5.41, 5.74) is 0.483. The highest BCUT2D eigenvalue weighted by molar-refractivity contribution is 5.91. The van der Waals surface area contributed by atoms with Crippen molar-refractivity contribution in [2.24, 2.45) is 11.3 Å². The Bertz CT molecular complexity index is 1680. The summed E-state index contributed by atoms with van der Waals surface area (Å²) in [5.74, 6) is -1.80. The lowest BCUT2D eigenvalue weighted by atomic mass is 9.79. The summed E-state index contributed by atoms with van der Waals surface area (Å²) in [5, 5.41) is 28.0. The highest BCUT2D eigenvalue weighted by Gasteiger charge is 2.49. The summed E-state index contributed by atoms with van der Waals surface area (Å²) < 4.78 is 12.2. The molecule has 3 N–H and O–H groups in total. The molecule has 3 aromatic rings. The van der Waals surface area contributed by atoms with Crippen LogP contribution in [0, 0.1) is 22.7 Å². The molecule has 0 unspecified atom stereocenters. The van der Waals surface area contributed by atoms with Gasteiger partial charge in [-0.1, -0.05) is 52.8 Å². The summed E-state index contributed by atoms with van der Waals surface area (Å²) in [6.07, 6.45) is 0.956. The number of rotatable bonds is 6. The van der Waals surface area contributed by atoms with Crippen molar-refractivity contribution in [2.75, 3.05) is 14.2 Å². The van der Waals surface area contributed by atoms with Gasteiger partial charge in [0, 0.05) is 13.5 Å². The molecule has 2 aliphatic rings. The van der Waals surface area contributed by atoms with Gasteiger partial charge in [0.1, 0.15) is 29.9 Å². The van der Waals surface area contributed by atoms with E-state index < -0.39 is 46.7 Å². The smallest absolute Gasteiger partial charge is 0.299 e. The molecular formula is C32H38N6O7. The molecule has 0 saturated carbocycles. The molecule has 1 aliphatic carbocycles. The van der Waals surface area contributed by atoms with E-state index in [4.69, 9.17) is 18.7 Å². The number of nitriles is 1. The van der Waals surface area contributed by atoms with Crippen LogP contribution in [0.4, 0.5) is 0 Å². The van der Waals surface area contributed by atoms with Crippen molar-refractivity contribution in [3.63, 3.8) is 0 Å². The van der Waals surface area contributed by atoms with Crippen LogP contribution in [0.5, 0.6) is 0 Å². The normalized spacial score (nSPS) is 21.7. The van der Waals surface area contributed by atoms with Gasteiger partial charge in [-0.3, -0.25) is 19.2 Å². The Balaban J connectivity index is 1.70. The van der Waals surface area contributed by atoms with Crippen molar-refractivity contribution in [3.8, 4) is 17.7 Å². The summed E-state index contributed by atoms with van der Waals surface area (Å²) >= 11 is 0. The quantitative estimate of drug-likeness (QED) is 0.347. The molecule has 13 heteroatoms. The number of hydrogen-bond acceptors (Lipinski definition) is 10. The van der Waals surface area contributed by atoms with Gasteiger partial charge in [-0.2, -0.15) is 5.26 Å². The minimum absolute atomic E-state index is 0.0336. The van der Waals surface area contributed by atoms with Crippen LogP contribution in [0.15, 0.2) is 33.3 Å². The average Bonchev–Trinajstić information content (AvgIpc) is 3.74. The number of hydroxylamine groups is 2. The van der Waals surface area contributed by atoms with Gasteiger partial charge in [0.25, 0.3) is 5.91 Å². The fraction of sp³-hybridized carbons (Fsp3) is 0.500. The van der Waals surface area contributed by atoms with Crippen LogP contribution in [0.3, 0.4) is 0 Å². The molecule has 0 fully saturated rings. The predicted octanol–water partition coefficient (Wildman–Crippen LogP) is 2.98. The molecule has 3 heterocycles. The van der Waals surface area contributed by atoms with E-state index in [9.17, 15) is 24.8 Å². The van der Waals surface area contributed by atoms with Crippen molar-refractivity contribution < 1.29 is 33.2 Å². The molecular weight excluding hydrogens is 580 g/mol. The van der Waals surface area contributed by atoms with E-state index in [1.807, 2.05) is 39.0 Å². The van der Waals surface area contributed by atoms with Crippen LogP contribution in [-0.2, 0) is 32.7 Å². The summed E-state index contributed by atoms with van der Waals surface area (Å²) in [6, 6.07) is 6.25. The van der Waals surface area contributed by atoms with Gasteiger partial charge in [0.2, 0.25) is 23.6 Å². The first kappa shape index (κ1) is 31.9. The van der Waals surface area contributed by atoms with Gasteiger partial charge < -0.3 is 24.6 Å². The van der Waals surface area contributed by atoms with Crippen molar-refractivity contribution in [1.29, 1.82) is 5.26 Å². The first-order valence-electron chi connectivity index (χ1n) is 14.8. The monoisotopic (exact) mass is 618 g/mol. The average molecular weight is 619 g/mol. The number of oxazole rings is 2. The minimum Gasteiger partial charge on any atom is -0.442 e. The lowest BCUT2D eigenvalue weighted by Crippen LogP contribution is -2.53. The topological polar surface area (TPSA) is 184 Å². The van der Waals surface area contributed by atoms with Crippen LogP contribution < -0.4 is 10.6 Å². The second-order valence-electron chi connectivity index (χ2n) is 13.0. The number of aryl methyl sites for hydroxylation is 1. The Kier molecular flexibility index (Phi) is 8.33. The number of aliphatic hydroxyl groups excluding tert-OH is 1. The van der Waals surface area contributed by atoms with Crippen molar-refractivity contribution in [3.05, 3.63) is 58.5 Å². The summed E-state index contributed by atoms with van der Waals surface area (Å²) in [7, 11) is 2.78. The van der Waals surface area contributed by atoms with Crippen LogP contribution in [0.25, 0.3) is 11.6 Å². The Morgan fingerprint density at radius 1 is 1.29 bits per heavy atom. The Morgan fingerprint density at radius 3 is 2.67 bits per heavy atom. The van der Waals surface area contributed by atoms with Crippen molar-refractivity contribution in [1.82, 2.24) is 25.7 Å². The van der Waals surface area contributed by atoms with Crippen molar-refractivity contribution in [2.45, 2.75) is 77.5 Å². The van der Waals surface area contributed by atoms with Gasteiger partial charge in [0.05, 0.1) is 13.2 Å². The molecule has 0 saturated heterocycles. The number of fused-ring (bicyclic) bond motifs is 4. The maximum absolute atomic E-state index is 13.9. The Morgan fingerprint density at radius 2 is 2.02 bits per heavy atom. The number of aliphatic hydroxyl groups is 1. The first-order chi connectivity index (χ1) is 21.2. The predicted molar refractivity (Wildman–Crippen MR) is 159 cm³/mol. The molecule has 4 bridgehead atoms. The fourth-order valence-electron chi connectivity index (χ4n) is 5.74. The Labute approximate surface area is 260 Å². The molecule has 13 nitrogen and oxygen atoms in total. The molecule has 45 heavy (non-hydrogen) atoms. The number of hydrogen-bond donors (Lipinski definition) is 3. The first-order valence-corrected chi connectivity index (χ1v) is 14.8. The maximum atomic E-state index is 13.9. The SMILES string of the molecule is CON(C)C(=O)c1coc(-c2nc3oc2[C@@]2(C#N)CCc4ccc(cc42)C[C@H](NC(=O)[C@@H](O)C(C)C)C(=O)N[C@H]3C(C)(C)C)n1. The van der Waals surface area contributed by atoms with E-state index in [-0.39, 0.29) is 41.3 Å². The second kappa shape index (κ2) is 11.8. The highest BCUT2D eigenvalue weighted by atomic mass is 16.7. The molecule has 5 rings (SSSR count). The van der Waals surface area contributed by atoms with E-state index in [0.717, 1.165) is 10.6 Å². The minimum atomic E-state index is -1.30. The Hall–Kier alpha value is -4.54. The van der Waals surface area contributed by atoms with Gasteiger partial charge in [-0.15, -0.1) is 0 Å². The third-order valence-corrected chi connectivity index (χ3v) is 8.48. The maximum Gasteiger partial charge on any atom is 0.299 e.